The molecule has 4 heteroatoms. The van der Waals surface area contributed by atoms with Gasteiger partial charge in [-0.05, 0) is 28.2 Å². The average molecular weight is 174 g/mol. The maximum Gasteiger partial charge on any atom is 0.0555 e. The van der Waals surface area contributed by atoms with Crippen LogP contribution in [0, 0.1) is 0 Å². The lowest BCUT2D eigenvalue weighted by Crippen LogP contribution is -2.61. The Hall–Kier alpha value is -0.160. The number of nitrogens with one attached hydrogen (secondary N) is 4. The molecule has 0 saturated heterocycles. The van der Waals surface area contributed by atoms with Gasteiger partial charge >= 0.3 is 0 Å². The number of hydrogen-bond acceptors (Lipinski definition) is 4. The number of likely N-dealkylation sites (N-methyl/N-ethyl adjacent to an activating group) is 4. The van der Waals surface area contributed by atoms with Crippen molar-refractivity contribution in [1.82, 2.24) is 21.3 Å². The normalized spacial score (nSPS) is 12.0. The van der Waals surface area contributed by atoms with Crippen LogP contribution in [0.4, 0.5) is 0 Å². The van der Waals surface area contributed by atoms with Gasteiger partial charge in [0.05, 0.1) is 5.54 Å². The highest BCUT2D eigenvalue weighted by Crippen LogP contribution is 1.98. The van der Waals surface area contributed by atoms with Crippen LogP contribution >= 0.6 is 0 Å². The van der Waals surface area contributed by atoms with Crippen LogP contribution in [0.3, 0.4) is 0 Å². The van der Waals surface area contributed by atoms with E-state index in [1.165, 1.54) is 0 Å². The van der Waals surface area contributed by atoms with Crippen molar-refractivity contribution in [3.8, 4) is 0 Å². The van der Waals surface area contributed by atoms with E-state index in [9.17, 15) is 0 Å². The van der Waals surface area contributed by atoms with Gasteiger partial charge in [-0.3, -0.25) is 0 Å². The van der Waals surface area contributed by atoms with Crippen LogP contribution in [-0.4, -0.2) is 53.4 Å². The molecule has 0 aliphatic rings. The zero-order valence-electron chi connectivity index (χ0n) is 8.62. The summed E-state index contributed by atoms with van der Waals surface area (Å²) >= 11 is 0. The Morgan fingerprint density at radius 1 is 0.750 bits per heavy atom. The first-order valence-corrected chi connectivity index (χ1v) is 4.37. The van der Waals surface area contributed by atoms with Crippen molar-refractivity contribution in [3.63, 3.8) is 0 Å². The van der Waals surface area contributed by atoms with E-state index in [1.807, 2.05) is 28.2 Å². The first-order valence-electron chi connectivity index (χ1n) is 4.37. The molecule has 4 N–H and O–H groups in total. The molecule has 0 bridgehead atoms. The van der Waals surface area contributed by atoms with Gasteiger partial charge < -0.3 is 21.3 Å². The maximum atomic E-state index is 3.33. The lowest BCUT2D eigenvalue weighted by molar-refractivity contribution is 0.319. The standard InChI is InChI=1S/C8H22N4/c1-9-5-8(12-4,6-10-2)7-11-3/h9-12H,5-7H2,1-4H3. The van der Waals surface area contributed by atoms with Crippen molar-refractivity contribution in [2.24, 2.45) is 0 Å². The summed E-state index contributed by atoms with van der Waals surface area (Å²) in [6.45, 7) is 2.85. The molecule has 0 aromatic heterocycles. The first kappa shape index (κ1) is 11.8. The van der Waals surface area contributed by atoms with Gasteiger partial charge in [-0.25, -0.2) is 0 Å². The van der Waals surface area contributed by atoms with E-state index in [2.05, 4.69) is 21.3 Å². The molecule has 0 atom stereocenters. The van der Waals surface area contributed by atoms with E-state index in [-0.39, 0.29) is 5.54 Å². The zero-order valence-corrected chi connectivity index (χ0v) is 8.62. The topological polar surface area (TPSA) is 48.1 Å². The highest BCUT2D eigenvalue weighted by atomic mass is 15.1. The molecular weight excluding hydrogens is 152 g/mol. The third-order valence-electron chi connectivity index (χ3n) is 2.08. The van der Waals surface area contributed by atoms with Gasteiger partial charge in [0.2, 0.25) is 0 Å². The molecule has 0 aromatic carbocycles. The molecule has 0 unspecified atom stereocenters. The van der Waals surface area contributed by atoms with Gasteiger partial charge in [0.15, 0.2) is 0 Å². The summed E-state index contributed by atoms with van der Waals surface area (Å²) in [4.78, 5) is 0. The molecule has 0 aromatic rings. The van der Waals surface area contributed by atoms with Gasteiger partial charge in [-0.1, -0.05) is 0 Å². The monoisotopic (exact) mass is 174 g/mol. The van der Waals surface area contributed by atoms with Gasteiger partial charge in [-0.2, -0.15) is 0 Å². The van der Waals surface area contributed by atoms with E-state index >= 15 is 0 Å². The van der Waals surface area contributed by atoms with Gasteiger partial charge in [0, 0.05) is 19.6 Å². The molecule has 0 heterocycles. The van der Waals surface area contributed by atoms with Crippen LogP contribution < -0.4 is 21.3 Å². The molecular formula is C8H22N4. The molecule has 0 radical (unpaired) electrons. The van der Waals surface area contributed by atoms with Crippen molar-refractivity contribution in [2.75, 3.05) is 47.8 Å². The third-order valence-corrected chi connectivity index (χ3v) is 2.08. The second-order valence-electron chi connectivity index (χ2n) is 3.12. The molecule has 0 saturated carbocycles. The summed E-state index contributed by atoms with van der Waals surface area (Å²) in [5.41, 5.74) is 0.109. The lowest BCUT2D eigenvalue weighted by Gasteiger charge is -2.33. The van der Waals surface area contributed by atoms with Crippen molar-refractivity contribution in [1.29, 1.82) is 0 Å². The molecule has 74 valence electrons. The smallest absolute Gasteiger partial charge is 0.0555 e. The average Bonchev–Trinajstić information content (AvgIpc) is 2.06. The molecule has 0 amide bonds. The highest BCUT2D eigenvalue weighted by Gasteiger charge is 2.25. The van der Waals surface area contributed by atoms with E-state index in [0.29, 0.717) is 0 Å². The van der Waals surface area contributed by atoms with Crippen LogP contribution in [0.1, 0.15) is 0 Å². The summed E-state index contributed by atoms with van der Waals surface area (Å²) in [6, 6.07) is 0. The maximum absolute atomic E-state index is 3.33. The first-order chi connectivity index (χ1) is 5.74. The molecule has 0 spiro atoms. The van der Waals surface area contributed by atoms with Gasteiger partial charge in [-0.15, -0.1) is 0 Å². The van der Waals surface area contributed by atoms with Crippen molar-refractivity contribution >= 4 is 0 Å². The van der Waals surface area contributed by atoms with Crippen LogP contribution in [0.15, 0.2) is 0 Å². The lowest BCUT2D eigenvalue weighted by atomic mass is 10.00. The minimum Gasteiger partial charge on any atom is -0.318 e. The fourth-order valence-corrected chi connectivity index (χ4v) is 1.47. The summed E-state index contributed by atoms with van der Waals surface area (Å²) in [5, 5.41) is 12.9. The van der Waals surface area contributed by atoms with E-state index in [4.69, 9.17) is 0 Å². The molecule has 0 aliphatic carbocycles. The Bertz CT molecular complexity index is 88.2. The predicted molar refractivity (Wildman–Crippen MR) is 53.6 cm³/mol. The van der Waals surface area contributed by atoms with Crippen molar-refractivity contribution < 1.29 is 0 Å². The molecule has 0 fully saturated rings. The van der Waals surface area contributed by atoms with Crippen LogP contribution in [-0.2, 0) is 0 Å². The SMILES string of the molecule is CNCC(CNC)(CNC)NC. The van der Waals surface area contributed by atoms with E-state index in [1.54, 1.807) is 0 Å². The van der Waals surface area contributed by atoms with Crippen LogP contribution in [0.5, 0.6) is 0 Å². The number of hydrogen-bond donors (Lipinski definition) is 4. The quantitative estimate of drug-likeness (QED) is 0.383. The van der Waals surface area contributed by atoms with E-state index < -0.39 is 0 Å². The van der Waals surface area contributed by atoms with Crippen molar-refractivity contribution in [2.45, 2.75) is 5.54 Å². The molecule has 0 rings (SSSR count). The van der Waals surface area contributed by atoms with Crippen molar-refractivity contribution in [3.05, 3.63) is 0 Å². The Morgan fingerprint density at radius 3 is 1.25 bits per heavy atom. The Balaban J connectivity index is 4.06. The predicted octanol–water partition coefficient (Wildman–Crippen LogP) is -1.40. The fourth-order valence-electron chi connectivity index (χ4n) is 1.47. The van der Waals surface area contributed by atoms with Crippen LogP contribution in [0.25, 0.3) is 0 Å². The Labute approximate surface area is 75.5 Å². The Morgan fingerprint density at radius 2 is 1.08 bits per heavy atom. The second-order valence-corrected chi connectivity index (χ2v) is 3.12. The minimum atomic E-state index is 0.109. The minimum absolute atomic E-state index is 0.109. The van der Waals surface area contributed by atoms with Crippen LogP contribution in [0.2, 0.25) is 0 Å². The molecule has 0 aliphatic heterocycles. The summed E-state index contributed by atoms with van der Waals surface area (Å²) in [5.74, 6) is 0. The highest BCUT2D eigenvalue weighted by molar-refractivity contribution is 4.92. The summed E-state index contributed by atoms with van der Waals surface area (Å²) in [7, 11) is 7.90. The van der Waals surface area contributed by atoms with Gasteiger partial charge in [0.1, 0.15) is 0 Å². The third kappa shape index (κ3) is 3.49. The zero-order chi connectivity index (χ0) is 9.45. The second kappa shape index (κ2) is 6.37. The Kier molecular flexibility index (Phi) is 6.28. The van der Waals surface area contributed by atoms with E-state index in [0.717, 1.165) is 19.6 Å². The molecule has 4 nitrogen and oxygen atoms in total. The molecule has 12 heavy (non-hydrogen) atoms. The largest absolute Gasteiger partial charge is 0.318 e. The summed E-state index contributed by atoms with van der Waals surface area (Å²) < 4.78 is 0. The fraction of sp³-hybridized carbons (Fsp3) is 1.00. The number of rotatable bonds is 7. The summed E-state index contributed by atoms with van der Waals surface area (Å²) in [6.07, 6.45) is 0. The van der Waals surface area contributed by atoms with Gasteiger partial charge in [0.25, 0.3) is 0 Å².